The van der Waals surface area contributed by atoms with Gasteiger partial charge in [0.1, 0.15) is 23.9 Å². The summed E-state index contributed by atoms with van der Waals surface area (Å²) in [5, 5.41) is 39.8. The van der Waals surface area contributed by atoms with Gasteiger partial charge in [0, 0.05) is 75.4 Å². The van der Waals surface area contributed by atoms with Crippen molar-refractivity contribution >= 4 is 23.0 Å². The lowest BCUT2D eigenvalue weighted by Crippen LogP contribution is -2.48. The van der Waals surface area contributed by atoms with E-state index in [1.807, 2.05) is 51.1 Å². The molecule has 65 heavy (non-hydrogen) atoms. The van der Waals surface area contributed by atoms with E-state index in [1.54, 1.807) is 47.7 Å². The number of phenolic OH excluding ortho intramolecular Hbond substituents is 2. The number of fused-ring (bicyclic) bond motifs is 5. The lowest BCUT2D eigenvalue weighted by molar-refractivity contribution is -0.172. The van der Waals surface area contributed by atoms with Crippen molar-refractivity contribution in [3.8, 4) is 45.7 Å². The lowest BCUT2D eigenvalue weighted by Gasteiger charge is -2.35. The molecule has 0 aliphatic carbocycles. The van der Waals surface area contributed by atoms with Crippen molar-refractivity contribution in [1.82, 2.24) is 39.0 Å². The van der Waals surface area contributed by atoms with Gasteiger partial charge in [-0.3, -0.25) is 14.6 Å². The maximum Gasteiger partial charge on any atom is 0.415 e. The summed E-state index contributed by atoms with van der Waals surface area (Å²) >= 11 is 0. The minimum atomic E-state index is -1.91. The molecule has 6 aromatic rings. The minimum absolute atomic E-state index is 0.0104. The molecule has 17 heteroatoms. The van der Waals surface area contributed by atoms with Crippen LogP contribution < -0.4 is 16.0 Å². The van der Waals surface area contributed by atoms with E-state index in [0.717, 1.165) is 54.8 Å². The number of nitrogens with one attached hydrogen (secondary N) is 1. The number of benzene rings is 3. The van der Waals surface area contributed by atoms with Gasteiger partial charge in [0.05, 0.1) is 40.3 Å². The van der Waals surface area contributed by atoms with Gasteiger partial charge in [0.15, 0.2) is 11.4 Å². The van der Waals surface area contributed by atoms with Crippen LogP contribution in [0.15, 0.2) is 70.3 Å². The van der Waals surface area contributed by atoms with Gasteiger partial charge in [0.2, 0.25) is 0 Å². The normalized spacial score (nSPS) is 17.2. The molecule has 3 aromatic carbocycles. The van der Waals surface area contributed by atoms with Crippen LogP contribution in [0, 0.1) is 0 Å². The first kappa shape index (κ1) is 43.4. The van der Waals surface area contributed by atoms with Crippen LogP contribution in [0.3, 0.4) is 0 Å². The molecular formula is C48H52N8O9. The summed E-state index contributed by atoms with van der Waals surface area (Å²) in [6.07, 6.45) is 0.215. The third kappa shape index (κ3) is 7.72. The number of H-pyrrole nitrogens is 1. The van der Waals surface area contributed by atoms with E-state index >= 15 is 0 Å². The van der Waals surface area contributed by atoms with Crippen molar-refractivity contribution in [2.45, 2.75) is 71.8 Å². The number of aliphatic hydroxyl groups is 1. The third-order valence-electron chi connectivity index (χ3n) is 13.1. The molecule has 1 fully saturated rings. The lowest BCUT2D eigenvalue weighted by atomic mass is 9.86. The number of pyridine rings is 2. The Hall–Kier alpha value is -6.82. The number of likely N-dealkylation sites (N-methyl/N-ethyl adjacent to an activating group) is 1. The number of aromatic amines is 1. The highest BCUT2D eigenvalue weighted by atomic mass is 16.6. The molecule has 3 aliphatic heterocycles. The minimum Gasteiger partial charge on any atom is -0.508 e. The number of nitrogens with zero attached hydrogens (tertiary/aromatic N) is 7. The predicted molar refractivity (Wildman–Crippen MR) is 241 cm³/mol. The Morgan fingerprint density at radius 2 is 1.69 bits per heavy atom. The van der Waals surface area contributed by atoms with Crippen molar-refractivity contribution in [2.24, 2.45) is 0 Å². The molecular weight excluding hydrogens is 833 g/mol. The number of piperazine rings is 1. The Balaban J connectivity index is 0.800. The number of amides is 1. The fourth-order valence-corrected chi connectivity index (χ4v) is 9.30. The number of hydrogen-bond acceptors (Lipinski definition) is 13. The molecule has 0 spiro atoms. The Labute approximate surface area is 374 Å². The molecule has 0 bridgehead atoms. The molecule has 0 radical (unpaired) electrons. The van der Waals surface area contributed by atoms with Gasteiger partial charge in [-0.2, -0.15) is 5.10 Å². The molecule has 338 valence electrons. The zero-order valence-corrected chi connectivity index (χ0v) is 37.1. The number of aromatic nitrogens is 5. The molecule has 1 unspecified atom stereocenters. The number of cyclic esters (lactones) is 1. The highest BCUT2D eigenvalue weighted by molar-refractivity contribution is 5.90. The fourth-order valence-electron chi connectivity index (χ4n) is 9.30. The molecule has 0 saturated carbocycles. The molecule has 3 aromatic heterocycles. The van der Waals surface area contributed by atoms with Gasteiger partial charge in [-0.25, -0.2) is 29.0 Å². The van der Waals surface area contributed by atoms with Crippen LogP contribution in [0.5, 0.6) is 17.2 Å². The van der Waals surface area contributed by atoms with E-state index in [4.69, 9.17) is 14.5 Å². The standard InChI is InChI=1S/C48H52N8O9/c1-6-31-33-20-30(12-13-38(33)49-42-35(31)25-55-39(42)22-37-36(44(55)59)26-64-45(60)48(37,63)7-2)65-47(62)52(5)14-15-53-16-18-54(19-17-53)24-28-8-10-29(11-9-28)56-43(50-51-46(56)61)34-21-32(27(3)4)40(57)23-41(34)58/h8-13,20-23,27,57-58,63H,6-7,14-19,24-26H2,1-5H3,(H,51,61). The summed E-state index contributed by atoms with van der Waals surface area (Å²) in [5.41, 5.74) is 4.20. The average Bonchev–Trinajstić information content (AvgIpc) is 3.86. The third-order valence-corrected chi connectivity index (χ3v) is 13.1. The quantitative estimate of drug-likeness (QED) is 0.127. The van der Waals surface area contributed by atoms with E-state index < -0.39 is 23.4 Å². The number of aryl methyl sites for hydroxylation is 1. The van der Waals surface area contributed by atoms with Crippen LogP contribution in [0.1, 0.15) is 73.4 Å². The van der Waals surface area contributed by atoms with Crippen LogP contribution in [0.2, 0.25) is 0 Å². The monoisotopic (exact) mass is 884 g/mol. The Morgan fingerprint density at radius 1 is 0.954 bits per heavy atom. The number of esters is 1. The van der Waals surface area contributed by atoms with E-state index in [1.165, 1.54) is 10.6 Å². The number of aromatic hydroxyl groups is 2. The maximum atomic E-state index is 13.7. The van der Waals surface area contributed by atoms with Crippen LogP contribution in [0.25, 0.3) is 39.4 Å². The fraction of sp³-hybridized carbons (Fsp3) is 0.375. The Kier molecular flexibility index (Phi) is 11.3. The average molecular weight is 885 g/mol. The second kappa shape index (κ2) is 17.0. The highest BCUT2D eigenvalue weighted by Gasteiger charge is 2.45. The van der Waals surface area contributed by atoms with Crippen molar-refractivity contribution in [1.29, 1.82) is 0 Å². The Morgan fingerprint density at radius 3 is 2.40 bits per heavy atom. The number of carbonyl (C=O) groups is 2. The van der Waals surface area contributed by atoms with E-state index in [9.17, 15) is 34.5 Å². The molecule has 1 saturated heterocycles. The summed E-state index contributed by atoms with van der Waals surface area (Å²) in [5.74, 6) is -0.342. The second-order valence-corrected chi connectivity index (χ2v) is 17.4. The van der Waals surface area contributed by atoms with Gasteiger partial charge in [0.25, 0.3) is 5.56 Å². The zero-order valence-electron chi connectivity index (χ0n) is 37.1. The number of rotatable bonds is 11. The SMILES string of the molecule is CCc1c2c(nc3ccc(OC(=O)N(C)CCN4CCN(Cc5ccc(-n6c(-c7cc(C(C)C)c(O)cc7O)n[nH]c6=O)cc5)CC4)cc13)-c1cc3c(c(=O)n1C2)COC(=O)C3(O)CC. The molecule has 3 aliphatic rings. The van der Waals surface area contributed by atoms with Crippen molar-refractivity contribution < 1.29 is 34.4 Å². The van der Waals surface area contributed by atoms with E-state index in [2.05, 4.69) is 20.0 Å². The summed E-state index contributed by atoms with van der Waals surface area (Å²) in [7, 11) is 1.72. The highest BCUT2D eigenvalue weighted by Crippen LogP contribution is 2.41. The summed E-state index contributed by atoms with van der Waals surface area (Å²) in [6, 6.07) is 17.6. The van der Waals surface area contributed by atoms with E-state index in [-0.39, 0.29) is 59.5 Å². The molecule has 9 rings (SSSR count). The number of hydrogen-bond donors (Lipinski definition) is 4. The number of carbonyl (C=O) groups excluding carboxylic acids is 2. The summed E-state index contributed by atoms with van der Waals surface area (Å²) < 4.78 is 14.1. The van der Waals surface area contributed by atoms with Crippen LogP contribution in [-0.4, -0.2) is 113 Å². The van der Waals surface area contributed by atoms with Crippen LogP contribution >= 0.6 is 0 Å². The first-order valence-electron chi connectivity index (χ1n) is 22.0. The molecule has 4 N–H and O–H groups in total. The zero-order chi connectivity index (χ0) is 45.9. The molecule has 17 nitrogen and oxygen atoms in total. The second-order valence-electron chi connectivity index (χ2n) is 17.4. The first-order chi connectivity index (χ1) is 31.2. The van der Waals surface area contributed by atoms with Crippen LogP contribution in [0.4, 0.5) is 4.79 Å². The van der Waals surface area contributed by atoms with Gasteiger partial charge in [-0.15, -0.1) is 0 Å². The van der Waals surface area contributed by atoms with Crippen molar-refractivity contribution in [2.75, 3.05) is 46.3 Å². The predicted octanol–water partition coefficient (Wildman–Crippen LogP) is 4.97. The van der Waals surface area contributed by atoms with Gasteiger partial charge in [-0.05, 0) is 77.9 Å². The van der Waals surface area contributed by atoms with Crippen molar-refractivity contribution in [3.05, 3.63) is 115 Å². The first-order valence-corrected chi connectivity index (χ1v) is 22.0. The summed E-state index contributed by atoms with van der Waals surface area (Å²) in [6.45, 7) is 12.9. The van der Waals surface area contributed by atoms with E-state index in [0.29, 0.717) is 59.0 Å². The maximum absolute atomic E-state index is 13.7. The molecule has 1 amide bonds. The van der Waals surface area contributed by atoms with Gasteiger partial charge >= 0.3 is 17.8 Å². The number of phenols is 2. The number of ether oxygens (including phenoxy) is 2. The topological polar surface area (TPSA) is 209 Å². The smallest absolute Gasteiger partial charge is 0.415 e. The van der Waals surface area contributed by atoms with Gasteiger partial charge < -0.3 is 34.3 Å². The van der Waals surface area contributed by atoms with Crippen molar-refractivity contribution in [3.63, 3.8) is 0 Å². The summed E-state index contributed by atoms with van der Waals surface area (Å²) in [4.78, 5) is 63.8. The largest absolute Gasteiger partial charge is 0.508 e. The van der Waals surface area contributed by atoms with Gasteiger partial charge in [-0.1, -0.05) is 39.8 Å². The van der Waals surface area contributed by atoms with Crippen LogP contribution in [-0.2, 0) is 41.2 Å². The molecule has 6 heterocycles. The Bertz CT molecular complexity index is 2980. The molecule has 1 atom stereocenters.